The van der Waals surface area contributed by atoms with E-state index in [1.807, 2.05) is 10.8 Å². The van der Waals surface area contributed by atoms with Crippen molar-refractivity contribution < 1.29 is 4.79 Å². The second-order valence-corrected chi connectivity index (χ2v) is 9.04. The lowest BCUT2D eigenvalue weighted by Gasteiger charge is -2.29. The van der Waals surface area contributed by atoms with E-state index in [9.17, 15) is 9.59 Å². The molecule has 3 aromatic rings. The number of hydrogen-bond acceptors (Lipinski definition) is 7. The van der Waals surface area contributed by atoms with Gasteiger partial charge in [-0.15, -0.1) is 22.7 Å². The first-order valence-electron chi connectivity index (χ1n) is 9.48. The molecule has 1 aliphatic rings. The predicted octanol–water partition coefficient (Wildman–Crippen LogP) is 3.18. The number of carbonyl (C=O) groups excluding carboxylic acids is 1. The first kappa shape index (κ1) is 19.2. The molecule has 4 rings (SSSR count). The minimum atomic E-state index is -0.148. The number of carbonyl (C=O) groups is 1. The summed E-state index contributed by atoms with van der Waals surface area (Å²) in [5.74, 6) is 0.662. The van der Waals surface area contributed by atoms with Crippen LogP contribution in [0.3, 0.4) is 0 Å². The fourth-order valence-electron chi connectivity index (χ4n) is 3.34. The first-order chi connectivity index (χ1) is 13.6. The van der Waals surface area contributed by atoms with Gasteiger partial charge in [0, 0.05) is 24.9 Å². The van der Waals surface area contributed by atoms with Gasteiger partial charge in [0.05, 0.1) is 17.4 Å². The predicted molar refractivity (Wildman–Crippen MR) is 113 cm³/mol. The highest BCUT2D eigenvalue weighted by molar-refractivity contribution is 7.16. The van der Waals surface area contributed by atoms with Gasteiger partial charge in [0.15, 0.2) is 5.13 Å². The first-order valence-corrected chi connectivity index (χ1v) is 11.2. The van der Waals surface area contributed by atoms with Crippen molar-refractivity contribution in [3.05, 3.63) is 39.2 Å². The summed E-state index contributed by atoms with van der Waals surface area (Å²) in [6.07, 6.45) is 4.18. The standard InChI is InChI=1S/C19H23N5O2S2/c1-13-2-6-23(7-3-13)10-14-11-28-19(21-14)22-16(25)4-8-24-12-20-17-15(18(24)26)5-9-27-17/h5,9,11-13H,2-4,6-8,10H2,1H3,(H,21,22,25). The van der Waals surface area contributed by atoms with Crippen LogP contribution in [0.1, 0.15) is 31.9 Å². The minimum absolute atomic E-state index is 0.105. The maximum absolute atomic E-state index is 12.4. The Morgan fingerprint density at radius 2 is 2.14 bits per heavy atom. The summed E-state index contributed by atoms with van der Waals surface area (Å²) in [5.41, 5.74) is 0.893. The molecule has 0 aliphatic carbocycles. The number of rotatable bonds is 6. The summed E-state index contributed by atoms with van der Waals surface area (Å²) in [6, 6.07) is 1.77. The van der Waals surface area contributed by atoms with Crippen LogP contribution in [0.25, 0.3) is 10.2 Å². The van der Waals surface area contributed by atoms with Crippen LogP contribution in [0.5, 0.6) is 0 Å². The maximum atomic E-state index is 12.4. The fourth-order valence-corrected chi connectivity index (χ4v) is 4.78. The van der Waals surface area contributed by atoms with Crippen molar-refractivity contribution in [2.45, 2.75) is 39.3 Å². The summed E-state index contributed by atoms with van der Waals surface area (Å²) in [6.45, 7) is 5.65. The summed E-state index contributed by atoms with van der Waals surface area (Å²) >= 11 is 2.88. The summed E-state index contributed by atoms with van der Waals surface area (Å²) in [5, 5.41) is 7.92. The Kier molecular flexibility index (Phi) is 5.84. The Labute approximate surface area is 171 Å². The van der Waals surface area contributed by atoms with Gasteiger partial charge in [0.2, 0.25) is 5.91 Å². The second-order valence-electron chi connectivity index (χ2n) is 7.28. The molecule has 0 aromatic carbocycles. The van der Waals surface area contributed by atoms with Gasteiger partial charge >= 0.3 is 0 Å². The number of likely N-dealkylation sites (tertiary alicyclic amines) is 1. The molecule has 28 heavy (non-hydrogen) atoms. The van der Waals surface area contributed by atoms with Crippen LogP contribution in [-0.2, 0) is 17.9 Å². The maximum Gasteiger partial charge on any atom is 0.262 e. The van der Waals surface area contributed by atoms with Crippen molar-refractivity contribution in [1.82, 2.24) is 19.4 Å². The van der Waals surface area contributed by atoms with E-state index >= 15 is 0 Å². The molecular formula is C19H23N5O2S2. The lowest BCUT2D eigenvalue weighted by Crippen LogP contribution is -2.32. The molecule has 0 radical (unpaired) electrons. The summed E-state index contributed by atoms with van der Waals surface area (Å²) in [7, 11) is 0. The van der Waals surface area contributed by atoms with E-state index in [0.29, 0.717) is 17.1 Å². The number of nitrogens with one attached hydrogen (secondary N) is 1. The molecule has 148 valence electrons. The average Bonchev–Trinajstić information content (AvgIpc) is 3.33. The van der Waals surface area contributed by atoms with Gasteiger partial charge in [0.25, 0.3) is 5.56 Å². The lowest BCUT2D eigenvalue weighted by atomic mass is 9.99. The third-order valence-electron chi connectivity index (χ3n) is 5.09. The third-order valence-corrected chi connectivity index (χ3v) is 6.72. The molecule has 3 aromatic heterocycles. The number of hydrogen-bond donors (Lipinski definition) is 1. The Morgan fingerprint density at radius 1 is 1.32 bits per heavy atom. The number of aryl methyl sites for hydroxylation is 1. The van der Waals surface area contributed by atoms with Gasteiger partial charge in [0.1, 0.15) is 4.83 Å². The van der Waals surface area contributed by atoms with Gasteiger partial charge < -0.3 is 5.32 Å². The van der Waals surface area contributed by atoms with Crippen molar-refractivity contribution in [2.75, 3.05) is 18.4 Å². The van der Waals surface area contributed by atoms with Gasteiger partial charge in [-0.05, 0) is 43.3 Å². The highest BCUT2D eigenvalue weighted by atomic mass is 32.1. The molecule has 4 heterocycles. The zero-order valence-electron chi connectivity index (χ0n) is 15.8. The zero-order valence-corrected chi connectivity index (χ0v) is 17.4. The van der Waals surface area contributed by atoms with E-state index < -0.39 is 0 Å². The summed E-state index contributed by atoms with van der Waals surface area (Å²) in [4.78, 5) is 36.6. The Balaban J connectivity index is 1.29. The molecule has 1 amide bonds. The molecule has 0 spiro atoms. The number of aromatic nitrogens is 3. The topological polar surface area (TPSA) is 80.1 Å². The average molecular weight is 418 g/mol. The van der Waals surface area contributed by atoms with Crippen LogP contribution in [0, 0.1) is 5.92 Å². The Morgan fingerprint density at radius 3 is 2.96 bits per heavy atom. The Hall–Kier alpha value is -2.10. The van der Waals surface area contributed by atoms with Crippen molar-refractivity contribution in [3.63, 3.8) is 0 Å². The highest BCUT2D eigenvalue weighted by Crippen LogP contribution is 2.21. The molecule has 1 aliphatic heterocycles. The molecule has 1 N–H and O–H groups in total. The molecule has 0 saturated carbocycles. The van der Waals surface area contributed by atoms with E-state index in [-0.39, 0.29) is 17.9 Å². The smallest absolute Gasteiger partial charge is 0.262 e. The number of thiazole rings is 1. The minimum Gasteiger partial charge on any atom is -0.302 e. The van der Waals surface area contributed by atoms with E-state index in [2.05, 4.69) is 27.1 Å². The van der Waals surface area contributed by atoms with Crippen LogP contribution in [0.4, 0.5) is 5.13 Å². The second kappa shape index (κ2) is 8.50. The quantitative estimate of drug-likeness (QED) is 0.666. The van der Waals surface area contributed by atoms with Crippen LogP contribution in [0.15, 0.2) is 27.9 Å². The highest BCUT2D eigenvalue weighted by Gasteiger charge is 2.17. The van der Waals surface area contributed by atoms with E-state index in [1.54, 1.807) is 6.07 Å². The normalized spacial score (nSPS) is 15.9. The molecule has 0 atom stereocenters. The van der Waals surface area contributed by atoms with E-state index in [0.717, 1.165) is 36.1 Å². The SMILES string of the molecule is CC1CCN(Cc2csc(NC(=O)CCn3cnc4sccc4c3=O)n2)CC1. The Bertz CT molecular complexity index is 1020. The summed E-state index contributed by atoms with van der Waals surface area (Å²) < 4.78 is 1.49. The van der Waals surface area contributed by atoms with Gasteiger partial charge in [-0.3, -0.25) is 19.1 Å². The van der Waals surface area contributed by atoms with Crippen LogP contribution in [0.2, 0.25) is 0 Å². The molecule has 1 fully saturated rings. The number of anilines is 1. The number of fused-ring (bicyclic) bond motifs is 1. The molecular weight excluding hydrogens is 394 g/mol. The van der Waals surface area contributed by atoms with Crippen LogP contribution in [-0.4, -0.2) is 38.4 Å². The van der Waals surface area contributed by atoms with E-state index in [4.69, 9.17) is 0 Å². The molecule has 0 bridgehead atoms. The van der Waals surface area contributed by atoms with Gasteiger partial charge in [-0.1, -0.05) is 6.92 Å². The van der Waals surface area contributed by atoms with Crippen LogP contribution >= 0.6 is 22.7 Å². The zero-order chi connectivity index (χ0) is 19.5. The molecule has 1 saturated heterocycles. The number of piperidine rings is 1. The number of thiophene rings is 1. The number of amides is 1. The van der Waals surface area contributed by atoms with Crippen molar-refractivity contribution in [2.24, 2.45) is 5.92 Å². The van der Waals surface area contributed by atoms with Crippen LogP contribution < -0.4 is 10.9 Å². The largest absolute Gasteiger partial charge is 0.302 e. The monoisotopic (exact) mass is 417 g/mol. The van der Waals surface area contributed by atoms with Crippen molar-refractivity contribution >= 4 is 43.9 Å². The number of nitrogens with zero attached hydrogens (tertiary/aromatic N) is 4. The van der Waals surface area contributed by atoms with E-state index in [1.165, 1.54) is 46.4 Å². The fraction of sp³-hybridized carbons (Fsp3) is 0.474. The van der Waals surface area contributed by atoms with Gasteiger partial charge in [-0.25, -0.2) is 9.97 Å². The van der Waals surface area contributed by atoms with Gasteiger partial charge in [-0.2, -0.15) is 0 Å². The molecule has 7 nitrogen and oxygen atoms in total. The van der Waals surface area contributed by atoms with Crippen molar-refractivity contribution in [3.8, 4) is 0 Å². The molecule has 9 heteroatoms. The lowest BCUT2D eigenvalue weighted by molar-refractivity contribution is -0.116. The van der Waals surface area contributed by atoms with Crippen molar-refractivity contribution in [1.29, 1.82) is 0 Å². The molecule has 0 unspecified atom stereocenters. The third kappa shape index (κ3) is 4.48.